The Morgan fingerprint density at radius 1 is 0.950 bits per heavy atom. The number of benzene rings is 2. The van der Waals surface area contributed by atoms with Crippen molar-refractivity contribution in [1.29, 1.82) is 0 Å². The minimum Gasteiger partial charge on any atom is -0.351 e. The smallest absolute Gasteiger partial charge is 0.176 e. The zero-order chi connectivity index (χ0) is 14.4. The predicted molar refractivity (Wildman–Crippen MR) is 82.8 cm³/mol. The summed E-state index contributed by atoms with van der Waals surface area (Å²) in [5.41, 5.74) is 1.21. The van der Waals surface area contributed by atoms with Crippen molar-refractivity contribution in [2.75, 3.05) is 20.3 Å². The van der Waals surface area contributed by atoms with Crippen molar-refractivity contribution in [3.63, 3.8) is 0 Å². The Morgan fingerprint density at radius 3 is 2.25 bits per heavy atom. The minimum absolute atomic E-state index is 0.0148. The summed E-state index contributed by atoms with van der Waals surface area (Å²) in [5.74, 6) is 0. The topological polar surface area (TPSA) is 30.5 Å². The number of hydrogen-bond acceptors (Lipinski definition) is 3. The summed E-state index contributed by atoms with van der Waals surface area (Å²) in [4.78, 5) is 0. The van der Waals surface area contributed by atoms with Gasteiger partial charge in [-0.25, -0.2) is 0 Å². The minimum atomic E-state index is -0.277. The van der Waals surface area contributed by atoms with Crippen molar-refractivity contribution >= 4 is 10.8 Å². The quantitative estimate of drug-likeness (QED) is 0.783. The first kappa shape index (κ1) is 15.0. The number of likely N-dealkylation sites (N-methyl/N-ethyl adjacent to an activating group) is 1. The molecule has 3 heteroatoms. The first-order valence-corrected chi connectivity index (χ1v) is 7.20. The van der Waals surface area contributed by atoms with Crippen LogP contribution in [0, 0.1) is 0 Å². The molecule has 0 aliphatic rings. The van der Waals surface area contributed by atoms with Crippen molar-refractivity contribution in [3.8, 4) is 0 Å². The van der Waals surface area contributed by atoms with E-state index in [-0.39, 0.29) is 12.3 Å². The predicted octanol–water partition coefficient (Wildman–Crippen LogP) is 3.50. The van der Waals surface area contributed by atoms with Crippen molar-refractivity contribution in [1.82, 2.24) is 5.32 Å². The molecule has 0 amide bonds. The number of fused-ring (bicyclic) bond motifs is 1. The third-order valence-electron chi connectivity index (χ3n) is 3.40. The van der Waals surface area contributed by atoms with Crippen molar-refractivity contribution in [2.45, 2.75) is 26.2 Å². The molecule has 0 radical (unpaired) electrons. The Hall–Kier alpha value is -1.42. The largest absolute Gasteiger partial charge is 0.351 e. The van der Waals surface area contributed by atoms with E-state index >= 15 is 0 Å². The van der Waals surface area contributed by atoms with Crippen molar-refractivity contribution < 1.29 is 9.47 Å². The van der Waals surface area contributed by atoms with Gasteiger partial charge in [0.1, 0.15) is 0 Å². The van der Waals surface area contributed by atoms with Crippen molar-refractivity contribution in [3.05, 3.63) is 48.0 Å². The maximum absolute atomic E-state index is 5.75. The van der Waals surface area contributed by atoms with Gasteiger partial charge in [-0.2, -0.15) is 0 Å². The van der Waals surface area contributed by atoms with E-state index in [1.54, 1.807) is 0 Å². The molecule has 20 heavy (non-hydrogen) atoms. The number of ether oxygens (including phenoxy) is 2. The number of rotatable bonds is 7. The van der Waals surface area contributed by atoms with Crippen LogP contribution in [-0.4, -0.2) is 26.6 Å². The summed E-state index contributed by atoms with van der Waals surface area (Å²) < 4.78 is 11.5. The highest BCUT2D eigenvalue weighted by Gasteiger charge is 2.24. The first-order valence-electron chi connectivity index (χ1n) is 7.20. The van der Waals surface area contributed by atoms with Crippen LogP contribution in [0.3, 0.4) is 0 Å². The molecule has 0 saturated heterocycles. The van der Waals surface area contributed by atoms with E-state index in [9.17, 15) is 0 Å². The molecule has 1 N–H and O–H groups in total. The summed E-state index contributed by atoms with van der Waals surface area (Å²) in [6, 6.07) is 14.7. The van der Waals surface area contributed by atoms with Crippen LogP contribution >= 0.6 is 0 Å². The molecule has 0 fully saturated rings. The second-order valence-corrected chi connectivity index (χ2v) is 4.61. The van der Waals surface area contributed by atoms with Crippen LogP contribution in [0.5, 0.6) is 0 Å². The second kappa shape index (κ2) is 7.39. The van der Waals surface area contributed by atoms with Gasteiger partial charge in [-0.05, 0) is 37.2 Å². The van der Waals surface area contributed by atoms with E-state index < -0.39 is 0 Å². The van der Waals surface area contributed by atoms with Crippen LogP contribution in [0.2, 0.25) is 0 Å². The Labute approximate surface area is 120 Å². The average molecular weight is 273 g/mol. The molecule has 0 bridgehead atoms. The van der Waals surface area contributed by atoms with E-state index in [4.69, 9.17) is 9.47 Å². The van der Waals surface area contributed by atoms with E-state index in [2.05, 4.69) is 47.8 Å². The summed E-state index contributed by atoms with van der Waals surface area (Å²) in [7, 11) is 1.94. The first-order chi connectivity index (χ1) is 9.81. The van der Waals surface area contributed by atoms with Crippen LogP contribution in [-0.2, 0) is 9.47 Å². The zero-order valence-electron chi connectivity index (χ0n) is 12.4. The summed E-state index contributed by atoms with van der Waals surface area (Å²) >= 11 is 0. The maximum atomic E-state index is 5.75. The molecule has 108 valence electrons. The van der Waals surface area contributed by atoms with Gasteiger partial charge in [0.15, 0.2) is 6.29 Å². The van der Waals surface area contributed by atoms with Gasteiger partial charge in [-0.3, -0.25) is 0 Å². The zero-order valence-corrected chi connectivity index (χ0v) is 12.4. The van der Waals surface area contributed by atoms with Crippen LogP contribution < -0.4 is 5.32 Å². The normalized spacial score (nSPS) is 13.0. The van der Waals surface area contributed by atoms with E-state index in [1.807, 2.05) is 20.9 Å². The van der Waals surface area contributed by atoms with Gasteiger partial charge in [0.25, 0.3) is 0 Å². The Bertz CT molecular complexity index is 530. The lowest BCUT2D eigenvalue weighted by Gasteiger charge is -2.27. The summed E-state index contributed by atoms with van der Waals surface area (Å²) in [6.45, 7) is 5.24. The summed E-state index contributed by atoms with van der Waals surface area (Å²) in [5, 5.41) is 5.80. The van der Waals surface area contributed by atoms with E-state index in [0.717, 1.165) is 0 Å². The molecule has 0 heterocycles. The molecule has 2 aromatic rings. The van der Waals surface area contributed by atoms with Gasteiger partial charge in [-0.1, -0.05) is 42.5 Å². The molecular formula is C17H23NO2. The molecule has 2 rings (SSSR count). The Morgan fingerprint density at radius 2 is 1.60 bits per heavy atom. The fraction of sp³-hybridized carbons (Fsp3) is 0.412. The highest BCUT2D eigenvalue weighted by atomic mass is 16.7. The molecular weight excluding hydrogens is 250 g/mol. The van der Waals surface area contributed by atoms with Gasteiger partial charge < -0.3 is 14.8 Å². The third kappa shape index (κ3) is 3.18. The number of hydrogen-bond donors (Lipinski definition) is 1. The Kier molecular flexibility index (Phi) is 5.53. The monoisotopic (exact) mass is 273 g/mol. The lowest BCUT2D eigenvalue weighted by molar-refractivity contribution is -0.154. The van der Waals surface area contributed by atoms with Crippen molar-refractivity contribution in [2.24, 2.45) is 0 Å². The molecule has 0 aliphatic carbocycles. The van der Waals surface area contributed by atoms with Crippen LogP contribution in [0.4, 0.5) is 0 Å². The molecule has 1 atom stereocenters. The van der Waals surface area contributed by atoms with Crippen LogP contribution in [0.15, 0.2) is 42.5 Å². The third-order valence-corrected chi connectivity index (χ3v) is 3.40. The van der Waals surface area contributed by atoms with Gasteiger partial charge >= 0.3 is 0 Å². The average Bonchev–Trinajstić information content (AvgIpc) is 2.49. The van der Waals surface area contributed by atoms with Crippen LogP contribution in [0.25, 0.3) is 10.8 Å². The highest BCUT2D eigenvalue weighted by molar-refractivity contribution is 5.86. The van der Waals surface area contributed by atoms with E-state index in [0.29, 0.717) is 13.2 Å². The summed E-state index contributed by atoms with van der Waals surface area (Å²) in [6.07, 6.45) is -0.277. The lowest BCUT2D eigenvalue weighted by atomic mass is 9.98. The molecule has 2 aromatic carbocycles. The Balaban J connectivity index is 2.42. The van der Waals surface area contributed by atoms with E-state index in [1.165, 1.54) is 16.3 Å². The van der Waals surface area contributed by atoms with Gasteiger partial charge in [0.05, 0.1) is 6.04 Å². The second-order valence-electron chi connectivity index (χ2n) is 4.61. The number of nitrogens with one attached hydrogen (secondary N) is 1. The fourth-order valence-electron chi connectivity index (χ4n) is 2.53. The highest BCUT2D eigenvalue weighted by Crippen LogP contribution is 2.27. The molecule has 0 spiro atoms. The molecule has 1 unspecified atom stereocenters. The van der Waals surface area contributed by atoms with Gasteiger partial charge in [0, 0.05) is 13.2 Å². The standard InChI is InChI=1S/C17H23NO2/c1-4-19-17(20-5-2)16(18-3)15-12-8-10-13-9-6-7-11-14(13)15/h6-12,16-18H,4-5H2,1-3H3. The molecule has 0 aliphatic heterocycles. The lowest BCUT2D eigenvalue weighted by Crippen LogP contribution is -2.34. The SMILES string of the molecule is CCOC(OCC)C(NC)c1cccc2ccccc12. The maximum Gasteiger partial charge on any atom is 0.176 e. The van der Waals surface area contributed by atoms with Gasteiger partial charge in [-0.15, -0.1) is 0 Å². The fourth-order valence-corrected chi connectivity index (χ4v) is 2.53. The van der Waals surface area contributed by atoms with Crippen LogP contribution in [0.1, 0.15) is 25.5 Å². The molecule has 0 saturated carbocycles. The molecule has 3 nitrogen and oxygen atoms in total. The molecule has 0 aromatic heterocycles. The van der Waals surface area contributed by atoms with Gasteiger partial charge in [0.2, 0.25) is 0 Å².